The van der Waals surface area contributed by atoms with Gasteiger partial charge in [-0.2, -0.15) is 13.2 Å². The Labute approximate surface area is 108 Å². The van der Waals surface area contributed by atoms with E-state index in [0.717, 1.165) is 6.07 Å². The van der Waals surface area contributed by atoms with Gasteiger partial charge in [-0.1, -0.05) is 25.1 Å². The third-order valence-corrected chi connectivity index (χ3v) is 1.70. The Bertz CT molecular complexity index is 302. The number of alkyl halides is 3. The van der Waals surface area contributed by atoms with E-state index in [1.807, 2.05) is 0 Å². The van der Waals surface area contributed by atoms with Crippen molar-refractivity contribution in [1.82, 2.24) is 0 Å². The van der Waals surface area contributed by atoms with E-state index >= 15 is 0 Å². The minimum Gasteiger partial charge on any atom is -1.00 e. The molecule has 1 nitrogen and oxygen atoms in total. The molecular weight excluding hydrogens is 241 g/mol. The molecule has 1 rings (SSSR count). The molecule has 0 amide bonds. The molecule has 0 aliphatic carbocycles. The third kappa shape index (κ3) is 4.59. The fourth-order valence-electron chi connectivity index (χ4n) is 1.11. The SMILES string of the molecule is CC([O-])c1ccccc1C(F)(F)F.[Cl-].[Mg+2]. The Kier molecular flexibility index (Phi) is 7.64. The Hall–Kier alpha value is 0.0262. The van der Waals surface area contributed by atoms with Gasteiger partial charge in [-0.05, 0) is 11.6 Å². The first kappa shape index (κ1) is 17.4. The molecule has 1 aromatic carbocycles. The standard InChI is InChI=1S/C9H8F3O.ClH.Mg/c1-6(13)7-4-2-3-5-8(7)9(10,11)12;;/h2-6H,1H3;1H;/q-1;;+2/p-1. The summed E-state index contributed by atoms with van der Waals surface area (Å²) in [5, 5.41) is 10.9. The number of halogens is 4. The van der Waals surface area contributed by atoms with Gasteiger partial charge in [0.25, 0.3) is 0 Å². The molecule has 15 heavy (non-hydrogen) atoms. The monoisotopic (exact) mass is 248 g/mol. The van der Waals surface area contributed by atoms with E-state index in [0.29, 0.717) is 0 Å². The Morgan fingerprint density at radius 3 is 2.00 bits per heavy atom. The van der Waals surface area contributed by atoms with Gasteiger partial charge in [-0.3, -0.25) is 0 Å². The summed E-state index contributed by atoms with van der Waals surface area (Å²) >= 11 is 0. The van der Waals surface area contributed by atoms with E-state index < -0.39 is 17.8 Å². The number of benzene rings is 1. The molecule has 0 spiro atoms. The summed E-state index contributed by atoms with van der Waals surface area (Å²) in [6.07, 6.45) is -5.78. The van der Waals surface area contributed by atoms with Gasteiger partial charge < -0.3 is 17.5 Å². The van der Waals surface area contributed by atoms with Crippen molar-refractivity contribution in [2.24, 2.45) is 0 Å². The minimum absolute atomic E-state index is 0. The van der Waals surface area contributed by atoms with Crippen molar-refractivity contribution < 1.29 is 30.7 Å². The van der Waals surface area contributed by atoms with E-state index in [1.54, 1.807) is 0 Å². The summed E-state index contributed by atoms with van der Waals surface area (Å²) in [4.78, 5) is 0. The van der Waals surface area contributed by atoms with E-state index in [2.05, 4.69) is 0 Å². The fourth-order valence-corrected chi connectivity index (χ4v) is 1.11. The maximum Gasteiger partial charge on any atom is 2.00 e. The summed E-state index contributed by atoms with van der Waals surface area (Å²) in [7, 11) is 0. The zero-order valence-electron chi connectivity index (χ0n) is 8.01. The van der Waals surface area contributed by atoms with Crippen LogP contribution in [0.25, 0.3) is 0 Å². The van der Waals surface area contributed by atoms with Crippen LogP contribution in [0.4, 0.5) is 13.2 Å². The number of rotatable bonds is 1. The summed E-state index contributed by atoms with van der Waals surface area (Å²) in [6, 6.07) is 4.83. The minimum atomic E-state index is -4.44. The molecule has 80 valence electrons. The van der Waals surface area contributed by atoms with Crippen LogP contribution in [0.3, 0.4) is 0 Å². The van der Waals surface area contributed by atoms with Crippen molar-refractivity contribution in [3.8, 4) is 0 Å². The molecule has 1 aromatic rings. The van der Waals surface area contributed by atoms with Crippen LogP contribution in [0.5, 0.6) is 0 Å². The maximum atomic E-state index is 12.3. The zero-order chi connectivity index (χ0) is 10.1. The molecule has 0 aliphatic heterocycles. The summed E-state index contributed by atoms with van der Waals surface area (Å²) in [5.41, 5.74) is -1.03. The van der Waals surface area contributed by atoms with Gasteiger partial charge in [-0.15, -0.1) is 6.10 Å². The predicted octanol–water partition coefficient (Wildman–Crippen LogP) is -1.25. The molecule has 0 radical (unpaired) electrons. The summed E-state index contributed by atoms with van der Waals surface area (Å²) in [5.74, 6) is 0. The van der Waals surface area contributed by atoms with Gasteiger partial charge in [0.15, 0.2) is 0 Å². The molecule has 0 fully saturated rings. The average molecular weight is 249 g/mol. The number of hydrogen-bond donors (Lipinski definition) is 0. The van der Waals surface area contributed by atoms with Crippen LogP contribution in [-0.2, 0) is 6.18 Å². The topological polar surface area (TPSA) is 23.1 Å². The largest absolute Gasteiger partial charge is 2.00 e. The van der Waals surface area contributed by atoms with Crippen molar-refractivity contribution in [3.05, 3.63) is 35.4 Å². The second-order valence-electron chi connectivity index (χ2n) is 2.73. The van der Waals surface area contributed by atoms with E-state index in [9.17, 15) is 18.3 Å². The molecule has 0 aromatic heterocycles. The van der Waals surface area contributed by atoms with Crippen LogP contribution in [-0.4, -0.2) is 23.1 Å². The molecule has 0 aliphatic rings. The quantitative estimate of drug-likeness (QED) is 0.570. The van der Waals surface area contributed by atoms with Gasteiger partial charge in [0.2, 0.25) is 0 Å². The van der Waals surface area contributed by atoms with E-state index in [-0.39, 0.29) is 41.0 Å². The summed E-state index contributed by atoms with van der Waals surface area (Å²) in [6.45, 7) is 1.20. The Morgan fingerprint density at radius 1 is 1.20 bits per heavy atom. The third-order valence-electron chi connectivity index (χ3n) is 1.70. The second-order valence-corrected chi connectivity index (χ2v) is 2.73. The van der Waals surface area contributed by atoms with Gasteiger partial charge in [0.05, 0.1) is 5.56 Å². The zero-order valence-corrected chi connectivity index (χ0v) is 10.2. The molecule has 1 atom stereocenters. The van der Waals surface area contributed by atoms with Crippen LogP contribution < -0.4 is 17.5 Å². The van der Waals surface area contributed by atoms with E-state index in [4.69, 9.17) is 0 Å². The molecule has 0 bridgehead atoms. The molecule has 0 saturated carbocycles. The molecule has 0 heterocycles. The van der Waals surface area contributed by atoms with Crippen molar-refractivity contribution in [2.45, 2.75) is 19.2 Å². The predicted molar refractivity (Wildman–Crippen MR) is 45.6 cm³/mol. The van der Waals surface area contributed by atoms with Crippen molar-refractivity contribution in [2.75, 3.05) is 0 Å². The maximum absolute atomic E-state index is 12.3. The van der Waals surface area contributed by atoms with Crippen molar-refractivity contribution in [3.63, 3.8) is 0 Å². The Morgan fingerprint density at radius 2 is 1.67 bits per heavy atom. The van der Waals surface area contributed by atoms with Crippen molar-refractivity contribution >= 4 is 23.1 Å². The van der Waals surface area contributed by atoms with Crippen LogP contribution in [0.1, 0.15) is 24.2 Å². The first-order chi connectivity index (χ1) is 5.93. The molecule has 0 N–H and O–H groups in total. The Balaban J connectivity index is 0. The van der Waals surface area contributed by atoms with Gasteiger partial charge in [0, 0.05) is 0 Å². The normalized spacial score (nSPS) is 12.3. The van der Waals surface area contributed by atoms with Crippen molar-refractivity contribution in [1.29, 1.82) is 0 Å². The van der Waals surface area contributed by atoms with Crippen LogP contribution in [0, 0.1) is 0 Å². The van der Waals surface area contributed by atoms with Gasteiger partial charge >= 0.3 is 29.2 Å². The van der Waals surface area contributed by atoms with E-state index in [1.165, 1.54) is 25.1 Å². The van der Waals surface area contributed by atoms with Crippen LogP contribution in [0.15, 0.2) is 24.3 Å². The van der Waals surface area contributed by atoms with Gasteiger partial charge in [-0.25, -0.2) is 0 Å². The number of hydrogen-bond acceptors (Lipinski definition) is 1. The first-order valence-corrected chi connectivity index (χ1v) is 3.75. The smallest absolute Gasteiger partial charge is 1.00 e. The molecular formula is C9H8ClF3MgO. The first-order valence-electron chi connectivity index (χ1n) is 3.75. The average Bonchev–Trinajstić information content (AvgIpc) is 2.03. The molecule has 6 heteroatoms. The molecule has 0 saturated heterocycles. The second kappa shape index (κ2) is 6.57. The summed E-state index contributed by atoms with van der Waals surface area (Å²) < 4.78 is 36.8. The van der Waals surface area contributed by atoms with Crippen LogP contribution >= 0.6 is 0 Å². The molecule has 1 unspecified atom stereocenters. The van der Waals surface area contributed by atoms with Gasteiger partial charge in [0.1, 0.15) is 0 Å². The fraction of sp³-hybridized carbons (Fsp3) is 0.333. The van der Waals surface area contributed by atoms with Crippen LogP contribution in [0.2, 0.25) is 0 Å².